The lowest BCUT2D eigenvalue weighted by molar-refractivity contribution is 0.0730. The molecule has 1 saturated heterocycles. The predicted octanol–water partition coefficient (Wildman–Crippen LogP) is 4.37. The van der Waals surface area contributed by atoms with Crippen molar-refractivity contribution in [3.05, 3.63) is 77.2 Å². The SMILES string of the molecule is Cc1ccc(C)c2sc(N(Cc3ccco3)C(=O)c3ccc(S(=O)(=O)N4CCOCC4)cc3)nc12. The van der Waals surface area contributed by atoms with E-state index < -0.39 is 10.0 Å². The summed E-state index contributed by atoms with van der Waals surface area (Å²) in [6.07, 6.45) is 1.57. The zero-order valence-corrected chi connectivity index (χ0v) is 21.1. The van der Waals surface area contributed by atoms with Crippen LogP contribution in [0.25, 0.3) is 10.2 Å². The number of benzene rings is 2. The molecular weight excluding hydrogens is 486 g/mol. The minimum Gasteiger partial charge on any atom is -0.467 e. The summed E-state index contributed by atoms with van der Waals surface area (Å²) >= 11 is 1.46. The number of sulfonamides is 1. The van der Waals surface area contributed by atoms with Gasteiger partial charge in [-0.3, -0.25) is 9.69 Å². The minimum absolute atomic E-state index is 0.153. The molecule has 5 rings (SSSR count). The third kappa shape index (κ3) is 4.62. The molecule has 0 saturated carbocycles. The van der Waals surface area contributed by atoms with E-state index in [1.807, 2.05) is 32.0 Å². The molecule has 0 N–H and O–H groups in total. The molecule has 4 aromatic rings. The maximum absolute atomic E-state index is 13.7. The van der Waals surface area contributed by atoms with Crippen molar-refractivity contribution in [2.75, 3.05) is 31.2 Å². The monoisotopic (exact) mass is 511 g/mol. The lowest BCUT2D eigenvalue weighted by Gasteiger charge is -2.26. The van der Waals surface area contributed by atoms with Gasteiger partial charge in [0, 0.05) is 18.7 Å². The van der Waals surface area contributed by atoms with Gasteiger partial charge in [0.25, 0.3) is 5.91 Å². The van der Waals surface area contributed by atoms with E-state index in [9.17, 15) is 13.2 Å². The molecular formula is C25H25N3O5S2. The Balaban J connectivity index is 1.48. The number of furan rings is 1. The summed E-state index contributed by atoms with van der Waals surface area (Å²) in [7, 11) is -3.64. The van der Waals surface area contributed by atoms with Gasteiger partial charge in [-0.05, 0) is 61.4 Å². The van der Waals surface area contributed by atoms with Crippen molar-refractivity contribution in [2.45, 2.75) is 25.3 Å². The Morgan fingerprint density at radius 3 is 2.43 bits per heavy atom. The number of anilines is 1. The van der Waals surface area contributed by atoms with E-state index in [1.165, 1.54) is 27.8 Å². The van der Waals surface area contributed by atoms with Crippen molar-refractivity contribution in [1.82, 2.24) is 9.29 Å². The van der Waals surface area contributed by atoms with Crippen molar-refractivity contribution in [2.24, 2.45) is 0 Å². The van der Waals surface area contributed by atoms with Crippen LogP contribution in [0.5, 0.6) is 0 Å². The molecule has 0 unspecified atom stereocenters. The van der Waals surface area contributed by atoms with Crippen molar-refractivity contribution in [1.29, 1.82) is 0 Å². The molecule has 2 aromatic carbocycles. The van der Waals surface area contributed by atoms with Gasteiger partial charge in [0.1, 0.15) is 5.76 Å². The smallest absolute Gasteiger partial charge is 0.260 e. The van der Waals surface area contributed by atoms with E-state index in [0.29, 0.717) is 42.8 Å². The van der Waals surface area contributed by atoms with Gasteiger partial charge in [0.15, 0.2) is 5.13 Å². The van der Waals surface area contributed by atoms with E-state index in [0.717, 1.165) is 21.3 Å². The molecule has 0 spiro atoms. The average molecular weight is 512 g/mol. The standard InChI is InChI=1S/C25H25N3O5S2/c1-17-5-6-18(2)23-22(17)26-25(34-23)28(16-20-4-3-13-33-20)24(29)19-7-9-21(10-8-19)35(30,31)27-11-14-32-15-12-27/h3-10,13H,11-12,14-16H2,1-2H3. The third-order valence-electron chi connectivity index (χ3n) is 6.01. The van der Waals surface area contributed by atoms with Crippen LogP contribution in [0.15, 0.2) is 64.1 Å². The Morgan fingerprint density at radius 1 is 1.06 bits per heavy atom. The maximum Gasteiger partial charge on any atom is 0.260 e. The highest BCUT2D eigenvalue weighted by molar-refractivity contribution is 7.89. The second kappa shape index (κ2) is 9.54. The quantitative estimate of drug-likeness (QED) is 0.382. The van der Waals surface area contributed by atoms with Crippen LogP contribution < -0.4 is 4.90 Å². The number of carbonyl (C=O) groups is 1. The molecule has 8 nitrogen and oxygen atoms in total. The molecule has 0 radical (unpaired) electrons. The Bertz CT molecular complexity index is 1420. The van der Waals surface area contributed by atoms with Gasteiger partial charge in [0.05, 0.1) is 41.1 Å². The normalized spacial score (nSPS) is 14.9. The molecule has 182 valence electrons. The van der Waals surface area contributed by atoms with E-state index in [1.54, 1.807) is 29.4 Å². The van der Waals surface area contributed by atoms with E-state index in [-0.39, 0.29) is 17.3 Å². The van der Waals surface area contributed by atoms with Crippen LogP contribution >= 0.6 is 11.3 Å². The first-order valence-corrected chi connectivity index (χ1v) is 13.5. The molecule has 1 aliphatic rings. The summed E-state index contributed by atoms with van der Waals surface area (Å²) in [6.45, 7) is 5.61. The van der Waals surface area contributed by atoms with Gasteiger partial charge in [-0.15, -0.1) is 0 Å². The molecule has 0 bridgehead atoms. The number of fused-ring (bicyclic) bond motifs is 1. The number of nitrogens with zero attached hydrogens (tertiary/aromatic N) is 3. The highest BCUT2D eigenvalue weighted by Crippen LogP contribution is 2.34. The van der Waals surface area contributed by atoms with E-state index in [2.05, 4.69) is 0 Å². The zero-order valence-electron chi connectivity index (χ0n) is 19.4. The van der Waals surface area contributed by atoms with Gasteiger partial charge in [0.2, 0.25) is 10.0 Å². The van der Waals surface area contributed by atoms with Gasteiger partial charge >= 0.3 is 0 Å². The Kier molecular flexibility index (Phi) is 6.45. The fourth-order valence-corrected chi connectivity index (χ4v) is 6.53. The fraction of sp³-hybridized carbons (Fsp3) is 0.280. The Morgan fingerprint density at radius 2 is 1.77 bits per heavy atom. The zero-order chi connectivity index (χ0) is 24.6. The summed E-state index contributed by atoms with van der Waals surface area (Å²) in [6, 6.07) is 13.7. The second-order valence-corrected chi connectivity index (χ2v) is 11.3. The number of aromatic nitrogens is 1. The number of ether oxygens (including phenoxy) is 1. The number of aryl methyl sites for hydroxylation is 2. The molecule has 35 heavy (non-hydrogen) atoms. The van der Waals surface area contributed by atoms with Crippen molar-refractivity contribution < 1.29 is 22.4 Å². The molecule has 2 aromatic heterocycles. The maximum atomic E-state index is 13.7. The molecule has 1 fully saturated rings. The van der Waals surface area contributed by atoms with Gasteiger partial charge < -0.3 is 9.15 Å². The van der Waals surface area contributed by atoms with E-state index >= 15 is 0 Å². The average Bonchev–Trinajstić information content (AvgIpc) is 3.56. The second-order valence-electron chi connectivity index (χ2n) is 8.39. The summed E-state index contributed by atoms with van der Waals surface area (Å²) in [5.74, 6) is 0.337. The molecule has 0 aliphatic carbocycles. The summed E-state index contributed by atoms with van der Waals surface area (Å²) in [5.41, 5.74) is 3.37. The van der Waals surface area contributed by atoms with Crippen LogP contribution in [-0.2, 0) is 21.3 Å². The van der Waals surface area contributed by atoms with Crippen LogP contribution in [0, 0.1) is 13.8 Å². The summed E-state index contributed by atoms with van der Waals surface area (Å²) in [4.78, 5) is 20.2. The first kappa shape index (κ1) is 23.7. The third-order valence-corrected chi connectivity index (χ3v) is 9.14. The largest absolute Gasteiger partial charge is 0.467 e. The number of rotatable bonds is 6. The number of morpholine rings is 1. The molecule has 1 aliphatic heterocycles. The minimum atomic E-state index is -3.64. The van der Waals surface area contributed by atoms with Crippen LogP contribution in [0.3, 0.4) is 0 Å². The van der Waals surface area contributed by atoms with Crippen LogP contribution in [0.4, 0.5) is 5.13 Å². The van der Waals surface area contributed by atoms with Gasteiger partial charge in [-0.2, -0.15) is 4.31 Å². The highest BCUT2D eigenvalue weighted by Gasteiger charge is 2.28. The number of carbonyl (C=O) groups excluding carboxylic acids is 1. The van der Waals surface area contributed by atoms with Crippen molar-refractivity contribution >= 4 is 42.6 Å². The number of hydrogen-bond donors (Lipinski definition) is 0. The highest BCUT2D eigenvalue weighted by atomic mass is 32.2. The van der Waals surface area contributed by atoms with Crippen molar-refractivity contribution in [3.8, 4) is 0 Å². The predicted molar refractivity (Wildman–Crippen MR) is 134 cm³/mol. The van der Waals surface area contributed by atoms with Crippen molar-refractivity contribution in [3.63, 3.8) is 0 Å². The first-order valence-electron chi connectivity index (χ1n) is 11.2. The van der Waals surface area contributed by atoms with Crippen LogP contribution in [0.2, 0.25) is 0 Å². The van der Waals surface area contributed by atoms with Gasteiger partial charge in [-0.1, -0.05) is 23.5 Å². The molecule has 3 heterocycles. The van der Waals surface area contributed by atoms with Crippen LogP contribution in [-0.4, -0.2) is 49.9 Å². The van der Waals surface area contributed by atoms with E-state index in [4.69, 9.17) is 14.1 Å². The lowest BCUT2D eigenvalue weighted by Crippen LogP contribution is -2.40. The summed E-state index contributed by atoms with van der Waals surface area (Å²) in [5, 5.41) is 0.559. The molecule has 1 amide bonds. The Hall–Kier alpha value is -3.05. The fourth-order valence-electron chi connectivity index (χ4n) is 4.01. The molecule has 0 atom stereocenters. The van der Waals surface area contributed by atoms with Crippen LogP contribution in [0.1, 0.15) is 27.2 Å². The lowest BCUT2D eigenvalue weighted by atomic mass is 10.1. The number of thiazole rings is 1. The first-order chi connectivity index (χ1) is 16.8. The summed E-state index contributed by atoms with van der Waals surface area (Å²) < 4.78 is 39.1. The number of amides is 1. The topological polar surface area (TPSA) is 93.0 Å². The van der Waals surface area contributed by atoms with Gasteiger partial charge in [-0.25, -0.2) is 13.4 Å². The Labute approximate surface area is 207 Å². The molecule has 10 heteroatoms. The number of hydrogen-bond acceptors (Lipinski definition) is 7.